The van der Waals surface area contributed by atoms with Crippen molar-refractivity contribution in [1.29, 1.82) is 5.26 Å². The summed E-state index contributed by atoms with van der Waals surface area (Å²) >= 11 is 3.23. The van der Waals surface area contributed by atoms with Crippen molar-refractivity contribution in [3.05, 3.63) is 33.6 Å². The molecule has 0 atom stereocenters. The molecule has 2 aromatic rings. The third-order valence-electron chi connectivity index (χ3n) is 4.70. The Morgan fingerprint density at radius 1 is 1.48 bits per heavy atom. The van der Waals surface area contributed by atoms with E-state index in [0.29, 0.717) is 29.6 Å². The zero-order chi connectivity index (χ0) is 17.4. The van der Waals surface area contributed by atoms with Crippen LogP contribution in [-0.2, 0) is 17.8 Å². The second-order valence-corrected chi connectivity index (χ2v) is 7.96. The third kappa shape index (κ3) is 2.98. The molecule has 1 amide bonds. The number of fused-ring (bicyclic) bond motifs is 1. The largest absolute Gasteiger partial charge is 0.354 e. The van der Waals surface area contributed by atoms with E-state index >= 15 is 0 Å². The summed E-state index contributed by atoms with van der Waals surface area (Å²) in [6.45, 7) is 2.76. The number of carbonyl (C=O) groups excluding carboxylic acids is 1. The van der Waals surface area contributed by atoms with Gasteiger partial charge in [0.2, 0.25) is 5.91 Å². The highest BCUT2D eigenvalue weighted by Gasteiger charge is 2.38. The third-order valence-corrected chi connectivity index (χ3v) is 6.28. The lowest BCUT2D eigenvalue weighted by atomic mass is 9.96. The summed E-state index contributed by atoms with van der Waals surface area (Å²) in [4.78, 5) is 26.7. The minimum Gasteiger partial charge on any atom is -0.354 e. The highest BCUT2D eigenvalue weighted by atomic mass is 32.2. The Bertz CT molecular complexity index is 853. The fourth-order valence-corrected chi connectivity index (χ4v) is 4.50. The molecule has 0 N–H and O–H groups in total. The van der Waals surface area contributed by atoms with Crippen molar-refractivity contribution in [1.82, 2.24) is 14.9 Å². The molecule has 0 aliphatic carbocycles. The minimum atomic E-state index is -0.0144. The average molecular weight is 371 g/mol. The molecule has 1 fully saturated rings. The number of hydrogen-bond donors (Lipinski definition) is 0. The van der Waals surface area contributed by atoms with E-state index in [1.165, 1.54) is 22.2 Å². The van der Waals surface area contributed by atoms with Gasteiger partial charge in [0, 0.05) is 31.1 Å². The van der Waals surface area contributed by atoms with Crippen molar-refractivity contribution in [3.8, 4) is 6.07 Å². The first-order chi connectivity index (χ1) is 12.2. The van der Waals surface area contributed by atoms with Crippen molar-refractivity contribution in [2.75, 3.05) is 30.8 Å². The molecule has 4 heterocycles. The van der Waals surface area contributed by atoms with E-state index in [2.05, 4.69) is 27.5 Å². The van der Waals surface area contributed by atoms with Crippen molar-refractivity contribution in [2.45, 2.75) is 18.1 Å². The van der Waals surface area contributed by atoms with E-state index in [1.54, 1.807) is 17.5 Å². The zero-order valence-corrected chi connectivity index (χ0v) is 15.4. The summed E-state index contributed by atoms with van der Waals surface area (Å²) < 4.78 is 0. The van der Waals surface area contributed by atoms with Crippen LogP contribution in [0.3, 0.4) is 0 Å². The maximum absolute atomic E-state index is 12.8. The van der Waals surface area contributed by atoms with Gasteiger partial charge in [-0.25, -0.2) is 9.97 Å². The van der Waals surface area contributed by atoms with Crippen LogP contribution < -0.4 is 4.90 Å². The molecular weight excluding hydrogens is 354 g/mol. The first-order valence-corrected chi connectivity index (χ1v) is 10.2. The van der Waals surface area contributed by atoms with Gasteiger partial charge in [-0.05, 0) is 29.7 Å². The van der Waals surface area contributed by atoms with E-state index in [-0.39, 0.29) is 11.8 Å². The van der Waals surface area contributed by atoms with Crippen molar-refractivity contribution in [3.63, 3.8) is 0 Å². The van der Waals surface area contributed by atoms with Gasteiger partial charge in [0.25, 0.3) is 0 Å². The molecule has 2 aromatic heterocycles. The van der Waals surface area contributed by atoms with Crippen LogP contribution in [0.5, 0.6) is 0 Å². The predicted octanol–water partition coefficient (Wildman–Crippen LogP) is 2.15. The van der Waals surface area contributed by atoms with Crippen LogP contribution in [0, 0.1) is 17.2 Å². The molecule has 0 unspecified atom stereocenters. The lowest BCUT2D eigenvalue weighted by Crippen LogP contribution is -2.55. The Kier molecular flexibility index (Phi) is 4.36. The van der Waals surface area contributed by atoms with Crippen LogP contribution in [0.2, 0.25) is 0 Å². The molecule has 0 aromatic carbocycles. The quantitative estimate of drug-likeness (QED) is 0.608. The van der Waals surface area contributed by atoms with Crippen LogP contribution in [0.15, 0.2) is 22.8 Å². The van der Waals surface area contributed by atoms with Gasteiger partial charge in [-0.2, -0.15) is 5.26 Å². The number of hydrogen-bond acceptors (Lipinski definition) is 7. The average Bonchev–Trinajstić information content (AvgIpc) is 3.07. The summed E-state index contributed by atoms with van der Waals surface area (Å²) in [5.41, 5.74) is 1.75. The molecule has 2 aliphatic heterocycles. The summed E-state index contributed by atoms with van der Waals surface area (Å²) in [5.74, 6) is 0.842. The molecule has 2 aliphatic rings. The van der Waals surface area contributed by atoms with Crippen LogP contribution >= 0.6 is 23.1 Å². The summed E-state index contributed by atoms with van der Waals surface area (Å²) in [6, 6.07) is 4.26. The number of anilines is 1. The number of nitriles is 1. The standard InChI is InChI=1S/C17H17N5OS2/c1-24-17-19-7-12(6-18)15(20-17)22-9-13(10-22)16(23)21-4-2-14-11(8-21)3-5-25-14/h3,5,7,13H,2,4,8-10H2,1H3. The molecule has 25 heavy (non-hydrogen) atoms. The summed E-state index contributed by atoms with van der Waals surface area (Å²) in [6.07, 6.45) is 4.42. The van der Waals surface area contributed by atoms with E-state index in [9.17, 15) is 10.1 Å². The highest BCUT2D eigenvalue weighted by molar-refractivity contribution is 7.98. The molecule has 1 saturated heterocycles. The minimum absolute atomic E-state index is 0.0144. The van der Waals surface area contributed by atoms with E-state index in [0.717, 1.165) is 19.5 Å². The first kappa shape index (κ1) is 16.4. The van der Waals surface area contributed by atoms with Gasteiger partial charge < -0.3 is 9.80 Å². The molecule has 0 spiro atoms. The number of rotatable bonds is 3. The number of thioether (sulfide) groups is 1. The van der Waals surface area contributed by atoms with E-state index in [4.69, 9.17) is 0 Å². The number of nitrogens with zero attached hydrogens (tertiary/aromatic N) is 5. The number of aromatic nitrogens is 2. The van der Waals surface area contributed by atoms with Crippen molar-refractivity contribution >= 4 is 34.8 Å². The summed E-state index contributed by atoms with van der Waals surface area (Å²) in [5, 5.41) is 12.0. The zero-order valence-electron chi connectivity index (χ0n) is 13.8. The molecule has 8 heteroatoms. The molecule has 0 radical (unpaired) electrons. The topological polar surface area (TPSA) is 73.1 Å². The molecule has 4 rings (SSSR count). The van der Waals surface area contributed by atoms with Gasteiger partial charge in [-0.15, -0.1) is 11.3 Å². The molecular formula is C17H17N5OS2. The fourth-order valence-electron chi connectivity index (χ4n) is 3.28. The van der Waals surface area contributed by atoms with Crippen molar-refractivity contribution < 1.29 is 4.79 Å². The monoisotopic (exact) mass is 371 g/mol. The second-order valence-electron chi connectivity index (χ2n) is 6.19. The van der Waals surface area contributed by atoms with Crippen LogP contribution in [0.4, 0.5) is 5.82 Å². The summed E-state index contributed by atoms with van der Waals surface area (Å²) in [7, 11) is 0. The van der Waals surface area contributed by atoms with Gasteiger partial charge in [-0.3, -0.25) is 4.79 Å². The van der Waals surface area contributed by atoms with Gasteiger partial charge in [0.15, 0.2) is 11.0 Å². The SMILES string of the molecule is CSc1ncc(C#N)c(N2CC(C(=O)N3CCc4sccc4C3)C2)n1. The lowest BCUT2D eigenvalue weighted by molar-refractivity contribution is -0.137. The van der Waals surface area contributed by atoms with Crippen LogP contribution in [0.25, 0.3) is 0 Å². The maximum atomic E-state index is 12.8. The van der Waals surface area contributed by atoms with E-state index < -0.39 is 0 Å². The Morgan fingerprint density at radius 2 is 2.32 bits per heavy atom. The fraction of sp³-hybridized carbons (Fsp3) is 0.412. The van der Waals surface area contributed by atoms with Gasteiger partial charge in [0.05, 0.1) is 12.1 Å². The number of amides is 1. The molecule has 0 saturated carbocycles. The van der Waals surface area contributed by atoms with Gasteiger partial charge in [0.1, 0.15) is 11.6 Å². The molecule has 128 valence electrons. The van der Waals surface area contributed by atoms with Crippen LogP contribution in [-0.4, -0.2) is 46.7 Å². The highest BCUT2D eigenvalue weighted by Crippen LogP contribution is 2.30. The van der Waals surface area contributed by atoms with Crippen LogP contribution in [0.1, 0.15) is 16.0 Å². The Morgan fingerprint density at radius 3 is 3.08 bits per heavy atom. The Hall–Kier alpha value is -2.11. The Balaban J connectivity index is 1.42. The predicted molar refractivity (Wildman–Crippen MR) is 97.7 cm³/mol. The first-order valence-electron chi connectivity index (χ1n) is 8.09. The molecule has 6 nitrogen and oxygen atoms in total. The number of thiophene rings is 1. The molecule has 0 bridgehead atoms. The van der Waals surface area contributed by atoms with E-state index in [1.807, 2.05) is 16.1 Å². The lowest BCUT2D eigenvalue weighted by Gasteiger charge is -2.42. The number of carbonyl (C=O) groups is 1. The van der Waals surface area contributed by atoms with Gasteiger partial charge >= 0.3 is 0 Å². The Labute approximate surface area is 154 Å². The van der Waals surface area contributed by atoms with Gasteiger partial charge in [-0.1, -0.05) is 11.8 Å². The van der Waals surface area contributed by atoms with Crippen molar-refractivity contribution in [2.24, 2.45) is 5.92 Å². The smallest absolute Gasteiger partial charge is 0.229 e. The normalized spacial score (nSPS) is 17.0. The maximum Gasteiger partial charge on any atom is 0.229 e. The second kappa shape index (κ2) is 6.65.